The van der Waals surface area contributed by atoms with Gasteiger partial charge in [-0.2, -0.15) is 0 Å². The van der Waals surface area contributed by atoms with Crippen molar-refractivity contribution in [2.75, 3.05) is 25.4 Å². The molecule has 2 rings (SSSR count). The lowest BCUT2D eigenvalue weighted by Gasteiger charge is -2.21. The standard InChI is InChI=1S/C16H20N2O2/c1-2-18(8-5-9-19)16(20)14-10-12-6-3-4-7-13(12)11-15(14)17/h3-4,6-7,10-11,19H,2,5,8-9,17H2,1H3. The number of hydrogen-bond acceptors (Lipinski definition) is 3. The molecule has 0 unspecified atom stereocenters. The van der Waals surface area contributed by atoms with Crippen LogP contribution in [-0.2, 0) is 0 Å². The van der Waals surface area contributed by atoms with Gasteiger partial charge in [0.05, 0.1) is 5.56 Å². The molecule has 4 heteroatoms. The van der Waals surface area contributed by atoms with Crippen LogP contribution in [0.25, 0.3) is 10.8 Å². The van der Waals surface area contributed by atoms with E-state index in [4.69, 9.17) is 10.8 Å². The Morgan fingerprint density at radius 1 is 1.25 bits per heavy atom. The fourth-order valence-corrected chi connectivity index (χ4v) is 2.28. The van der Waals surface area contributed by atoms with Gasteiger partial charge in [-0.3, -0.25) is 4.79 Å². The monoisotopic (exact) mass is 272 g/mol. The summed E-state index contributed by atoms with van der Waals surface area (Å²) in [6.07, 6.45) is 0.576. The van der Waals surface area contributed by atoms with Gasteiger partial charge in [0, 0.05) is 25.4 Å². The molecule has 4 nitrogen and oxygen atoms in total. The van der Waals surface area contributed by atoms with Crippen LogP contribution >= 0.6 is 0 Å². The van der Waals surface area contributed by atoms with Gasteiger partial charge in [-0.25, -0.2) is 0 Å². The molecule has 3 N–H and O–H groups in total. The normalized spacial score (nSPS) is 10.7. The molecule has 0 spiro atoms. The maximum atomic E-state index is 12.5. The summed E-state index contributed by atoms with van der Waals surface area (Å²) >= 11 is 0. The molecule has 0 aromatic heterocycles. The van der Waals surface area contributed by atoms with Crippen LogP contribution in [0.3, 0.4) is 0 Å². The number of aliphatic hydroxyl groups excluding tert-OH is 1. The molecule has 0 aliphatic heterocycles. The molecular weight excluding hydrogens is 252 g/mol. The smallest absolute Gasteiger partial charge is 0.255 e. The first-order valence-corrected chi connectivity index (χ1v) is 6.85. The lowest BCUT2D eigenvalue weighted by Crippen LogP contribution is -2.32. The summed E-state index contributed by atoms with van der Waals surface area (Å²) in [7, 11) is 0. The van der Waals surface area contributed by atoms with Gasteiger partial charge in [-0.05, 0) is 36.2 Å². The van der Waals surface area contributed by atoms with Crippen LogP contribution in [-0.4, -0.2) is 35.6 Å². The molecule has 0 saturated heterocycles. The number of fused-ring (bicyclic) bond motifs is 1. The van der Waals surface area contributed by atoms with E-state index < -0.39 is 0 Å². The van der Waals surface area contributed by atoms with E-state index in [0.717, 1.165) is 10.8 Å². The highest BCUT2D eigenvalue weighted by molar-refractivity contribution is 6.03. The lowest BCUT2D eigenvalue weighted by molar-refractivity contribution is 0.0755. The molecule has 0 heterocycles. The highest BCUT2D eigenvalue weighted by Crippen LogP contribution is 2.23. The highest BCUT2D eigenvalue weighted by Gasteiger charge is 2.17. The molecule has 2 aromatic rings. The Morgan fingerprint density at radius 3 is 2.50 bits per heavy atom. The molecule has 0 atom stereocenters. The van der Waals surface area contributed by atoms with Crippen molar-refractivity contribution in [2.45, 2.75) is 13.3 Å². The van der Waals surface area contributed by atoms with Gasteiger partial charge < -0.3 is 15.7 Å². The zero-order valence-electron chi connectivity index (χ0n) is 11.7. The number of anilines is 1. The number of nitrogen functional groups attached to an aromatic ring is 1. The zero-order chi connectivity index (χ0) is 14.5. The predicted molar refractivity (Wildman–Crippen MR) is 81.6 cm³/mol. The second-order valence-corrected chi connectivity index (χ2v) is 4.75. The summed E-state index contributed by atoms with van der Waals surface area (Å²) in [6.45, 7) is 3.15. The third-order valence-corrected chi connectivity index (χ3v) is 3.40. The summed E-state index contributed by atoms with van der Waals surface area (Å²) in [5.41, 5.74) is 7.04. The fourth-order valence-electron chi connectivity index (χ4n) is 2.28. The third kappa shape index (κ3) is 2.91. The van der Waals surface area contributed by atoms with Gasteiger partial charge in [0.15, 0.2) is 0 Å². The highest BCUT2D eigenvalue weighted by atomic mass is 16.3. The Kier molecular flexibility index (Phi) is 4.58. The van der Waals surface area contributed by atoms with Gasteiger partial charge in [-0.15, -0.1) is 0 Å². The van der Waals surface area contributed by atoms with Gasteiger partial charge in [0.1, 0.15) is 0 Å². The minimum Gasteiger partial charge on any atom is -0.398 e. The maximum absolute atomic E-state index is 12.5. The van der Waals surface area contributed by atoms with E-state index in [9.17, 15) is 4.79 Å². The first-order chi connectivity index (χ1) is 9.67. The Hall–Kier alpha value is -2.07. The summed E-state index contributed by atoms with van der Waals surface area (Å²) < 4.78 is 0. The number of hydrogen-bond donors (Lipinski definition) is 2. The topological polar surface area (TPSA) is 66.6 Å². The first-order valence-electron chi connectivity index (χ1n) is 6.85. The molecular formula is C16H20N2O2. The summed E-state index contributed by atoms with van der Waals surface area (Å²) in [5, 5.41) is 10.9. The van der Waals surface area contributed by atoms with Gasteiger partial charge in [0.25, 0.3) is 5.91 Å². The minimum absolute atomic E-state index is 0.0794. The van der Waals surface area contributed by atoms with Gasteiger partial charge in [0.2, 0.25) is 0 Å². The Balaban J connectivity index is 2.35. The third-order valence-electron chi connectivity index (χ3n) is 3.40. The number of rotatable bonds is 5. The SMILES string of the molecule is CCN(CCCO)C(=O)c1cc2ccccc2cc1N. The van der Waals surface area contributed by atoms with Gasteiger partial charge in [-0.1, -0.05) is 24.3 Å². The van der Waals surface area contributed by atoms with E-state index in [2.05, 4.69) is 0 Å². The Bertz CT molecular complexity index is 610. The van der Waals surface area contributed by atoms with E-state index in [1.165, 1.54) is 0 Å². The molecule has 0 saturated carbocycles. The van der Waals surface area contributed by atoms with Crippen molar-refractivity contribution in [3.8, 4) is 0 Å². The molecule has 0 fully saturated rings. The molecule has 0 aliphatic rings. The van der Waals surface area contributed by atoms with E-state index in [1.54, 1.807) is 4.90 Å². The average Bonchev–Trinajstić information content (AvgIpc) is 2.47. The minimum atomic E-state index is -0.0794. The second kappa shape index (κ2) is 6.39. The van der Waals surface area contributed by atoms with Crippen LogP contribution in [0.15, 0.2) is 36.4 Å². The van der Waals surface area contributed by atoms with E-state index in [0.29, 0.717) is 30.8 Å². The number of carbonyl (C=O) groups excluding carboxylic acids is 1. The van der Waals surface area contributed by atoms with Gasteiger partial charge >= 0.3 is 0 Å². The fraction of sp³-hybridized carbons (Fsp3) is 0.312. The Labute approximate surface area is 118 Å². The van der Waals surface area contributed by atoms with Crippen molar-refractivity contribution in [1.82, 2.24) is 4.90 Å². The number of carbonyl (C=O) groups is 1. The van der Waals surface area contributed by atoms with Crippen LogP contribution < -0.4 is 5.73 Å². The van der Waals surface area contributed by atoms with Crippen LogP contribution in [0.5, 0.6) is 0 Å². The quantitative estimate of drug-likeness (QED) is 0.820. The molecule has 20 heavy (non-hydrogen) atoms. The molecule has 0 aliphatic carbocycles. The molecule has 2 aromatic carbocycles. The summed E-state index contributed by atoms with van der Waals surface area (Å²) in [6, 6.07) is 11.5. The second-order valence-electron chi connectivity index (χ2n) is 4.75. The van der Waals surface area contributed by atoms with Crippen molar-refractivity contribution in [3.63, 3.8) is 0 Å². The van der Waals surface area contributed by atoms with E-state index in [1.807, 2.05) is 43.3 Å². The summed E-state index contributed by atoms with van der Waals surface area (Å²) in [5.74, 6) is -0.0794. The number of nitrogens with zero attached hydrogens (tertiary/aromatic N) is 1. The lowest BCUT2D eigenvalue weighted by atomic mass is 10.0. The predicted octanol–water partition coefficient (Wildman–Crippen LogP) is 2.27. The number of nitrogens with two attached hydrogens (primary N) is 1. The van der Waals surface area contributed by atoms with Crippen LogP contribution in [0, 0.1) is 0 Å². The average molecular weight is 272 g/mol. The Morgan fingerprint density at radius 2 is 1.90 bits per heavy atom. The van der Waals surface area contributed by atoms with Crippen molar-refractivity contribution >= 4 is 22.4 Å². The number of amides is 1. The molecule has 1 amide bonds. The van der Waals surface area contributed by atoms with Crippen LogP contribution in [0.4, 0.5) is 5.69 Å². The van der Waals surface area contributed by atoms with Crippen molar-refractivity contribution in [2.24, 2.45) is 0 Å². The number of aliphatic hydroxyl groups is 1. The van der Waals surface area contributed by atoms with Crippen LogP contribution in [0.1, 0.15) is 23.7 Å². The van der Waals surface area contributed by atoms with E-state index in [-0.39, 0.29) is 12.5 Å². The van der Waals surface area contributed by atoms with Crippen molar-refractivity contribution in [3.05, 3.63) is 42.0 Å². The van der Waals surface area contributed by atoms with Crippen molar-refractivity contribution < 1.29 is 9.90 Å². The largest absolute Gasteiger partial charge is 0.398 e. The van der Waals surface area contributed by atoms with Crippen LogP contribution in [0.2, 0.25) is 0 Å². The molecule has 0 bridgehead atoms. The molecule has 0 radical (unpaired) electrons. The van der Waals surface area contributed by atoms with Crippen molar-refractivity contribution in [1.29, 1.82) is 0 Å². The number of benzene rings is 2. The maximum Gasteiger partial charge on any atom is 0.255 e. The van der Waals surface area contributed by atoms with E-state index >= 15 is 0 Å². The zero-order valence-corrected chi connectivity index (χ0v) is 11.7. The summed E-state index contributed by atoms with van der Waals surface area (Å²) in [4.78, 5) is 14.2. The first kappa shape index (κ1) is 14.3. The molecule has 106 valence electrons.